The van der Waals surface area contributed by atoms with Crippen LogP contribution in [-0.4, -0.2) is 52.3 Å². The fourth-order valence-corrected chi connectivity index (χ4v) is 3.87. The largest absolute Gasteiger partial charge is 0.468 e. The molecule has 160 valence electrons. The Hall–Kier alpha value is -3.52. The molecule has 1 amide bonds. The lowest BCUT2D eigenvalue weighted by atomic mass is 10.1. The molecule has 0 radical (unpaired) electrons. The fourth-order valence-electron chi connectivity index (χ4n) is 3.87. The minimum atomic E-state index is -0.544. The van der Waals surface area contributed by atoms with Crippen molar-refractivity contribution in [2.75, 3.05) is 13.7 Å². The van der Waals surface area contributed by atoms with Crippen LogP contribution < -0.4 is 5.32 Å². The second-order valence-corrected chi connectivity index (χ2v) is 7.46. The number of benzene rings is 2. The van der Waals surface area contributed by atoms with Crippen molar-refractivity contribution in [2.45, 2.75) is 25.0 Å². The second-order valence-electron chi connectivity index (χ2n) is 7.46. The number of carbonyl (C=O) groups is 2. The minimum absolute atomic E-state index is 0.228. The van der Waals surface area contributed by atoms with E-state index in [2.05, 4.69) is 10.4 Å². The number of methoxy groups -OCH3 is 1. The Balaban J connectivity index is 1.43. The lowest BCUT2D eigenvalue weighted by molar-refractivity contribution is -0.146. The van der Waals surface area contributed by atoms with Gasteiger partial charge in [-0.05, 0) is 42.8 Å². The molecule has 1 fully saturated rings. The summed E-state index contributed by atoms with van der Waals surface area (Å²) in [6, 6.07) is 14.6. The first-order valence-electron chi connectivity index (χ1n) is 10.0. The third-order valence-corrected chi connectivity index (χ3v) is 5.44. The summed E-state index contributed by atoms with van der Waals surface area (Å²) >= 11 is 0. The van der Waals surface area contributed by atoms with Gasteiger partial charge in [0.2, 0.25) is 0 Å². The Morgan fingerprint density at radius 3 is 2.61 bits per heavy atom. The number of carbonyl (C=O) groups excluding carboxylic acids is 2. The standard InChI is InChI=1S/C23H23FN4O3/c1-31-23(30)21-13-18(15-27(21)14-17-5-2-3-6-20(17)24)26-22(29)16-7-9-19(10-8-16)28-12-4-11-25-28/h2-12,18,21H,13-15H2,1H3,(H,26,29)/t18-,21-/m0/s1. The highest BCUT2D eigenvalue weighted by atomic mass is 19.1. The first-order valence-corrected chi connectivity index (χ1v) is 10.0. The molecule has 2 atom stereocenters. The van der Waals surface area contributed by atoms with Crippen LogP contribution in [0.25, 0.3) is 5.69 Å². The van der Waals surface area contributed by atoms with Crippen molar-refractivity contribution < 1.29 is 18.7 Å². The Morgan fingerprint density at radius 2 is 1.94 bits per heavy atom. The maximum absolute atomic E-state index is 14.1. The number of hydrogen-bond acceptors (Lipinski definition) is 5. The molecule has 7 nitrogen and oxygen atoms in total. The summed E-state index contributed by atoms with van der Waals surface area (Å²) in [5.74, 6) is -0.944. The zero-order chi connectivity index (χ0) is 21.8. The monoisotopic (exact) mass is 422 g/mol. The summed E-state index contributed by atoms with van der Waals surface area (Å²) < 4.78 is 20.7. The van der Waals surface area contributed by atoms with Crippen LogP contribution in [0.2, 0.25) is 0 Å². The van der Waals surface area contributed by atoms with Crippen LogP contribution in [0.15, 0.2) is 67.0 Å². The number of likely N-dealkylation sites (tertiary alicyclic amines) is 1. The number of halogens is 1. The number of hydrogen-bond donors (Lipinski definition) is 1. The molecule has 1 aliphatic heterocycles. The lowest BCUT2D eigenvalue weighted by Crippen LogP contribution is -2.38. The third kappa shape index (κ3) is 4.64. The highest BCUT2D eigenvalue weighted by Gasteiger charge is 2.38. The van der Waals surface area contributed by atoms with Crippen molar-refractivity contribution in [1.29, 1.82) is 0 Å². The number of amides is 1. The highest BCUT2D eigenvalue weighted by Crippen LogP contribution is 2.23. The average molecular weight is 422 g/mol. The van der Waals surface area contributed by atoms with E-state index in [4.69, 9.17) is 4.74 Å². The van der Waals surface area contributed by atoms with Gasteiger partial charge in [0.25, 0.3) is 5.91 Å². The van der Waals surface area contributed by atoms with Crippen LogP contribution in [0.1, 0.15) is 22.3 Å². The van der Waals surface area contributed by atoms with Crippen molar-refractivity contribution >= 4 is 11.9 Å². The number of nitrogens with zero attached hydrogens (tertiary/aromatic N) is 3. The van der Waals surface area contributed by atoms with Crippen LogP contribution in [0.4, 0.5) is 4.39 Å². The van der Waals surface area contributed by atoms with E-state index in [0.717, 1.165) is 5.69 Å². The van der Waals surface area contributed by atoms with Gasteiger partial charge in [-0.15, -0.1) is 0 Å². The molecule has 4 rings (SSSR count). The van der Waals surface area contributed by atoms with Crippen LogP contribution in [0.3, 0.4) is 0 Å². The fraction of sp³-hybridized carbons (Fsp3) is 0.261. The van der Waals surface area contributed by atoms with Gasteiger partial charge in [0, 0.05) is 42.7 Å². The summed E-state index contributed by atoms with van der Waals surface area (Å²) in [5.41, 5.74) is 1.86. The summed E-state index contributed by atoms with van der Waals surface area (Å²) in [4.78, 5) is 26.9. The molecule has 1 N–H and O–H groups in total. The SMILES string of the molecule is COC(=O)[C@@H]1C[C@H](NC(=O)c2ccc(-n3cccn3)cc2)CN1Cc1ccccc1F. The maximum atomic E-state index is 14.1. The maximum Gasteiger partial charge on any atom is 0.323 e. The van der Waals surface area contributed by atoms with E-state index in [1.807, 2.05) is 29.3 Å². The van der Waals surface area contributed by atoms with E-state index >= 15 is 0 Å². The Morgan fingerprint density at radius 1 is 1.16 bits per heavy atom. The van der Waals surface area contributed by atoms with Crippen molar-refractivity contribution in [3.8, 4) is 5.69 Å². The number of aromatic nitrogens is 2. The first-order chi connectivity index (χ1) is 15.0. The summed E-state index contributed by atoms with van der Waals surface area (Å²) in [6.45, 7) is 0.683. The summed E-state index contributed by atoms with van der Waals surface area (Å²) in [6.07, 6.45) is 3.91. The van der Waals surface area contributed by atoms with Crippen molar-refractivity contribution in [1.82, 2.24) is 20.0 Å². The van der Waals surface area contributed by atoms with E-state index in [1.54, 1.807) is 41.2 Å². The molecule has 1 aromatic heterocycles. The van der Waals surface area contributed by atoms with Gasteiger partial charge in [0.15, 0.2) is 0 Å². The molecule has 1 saturated heterocycles. The van der Waals surface area contributed by atoms with Crippen molar-refractivity contribution in [3.05, 3.63) is 83.9 Å². The van der Waals surface area contributed by atoms with Crippen molar-refractivity contribution in [3.63, 3.8) is 0 Å². The molecule has 0 saturated carbocycles. The van der Waals surface area contributed by atoms with E-state index in [-0.39, 0.29) is 24.3 Å². The number of ether oxygens (including phenoxy) is 1. The molecule has 31 heavy (non-hydrogen) atoms. The Kier molecular flexibility index (Phi) is 6.08. The van der Waals surface area contributed by atoms with Crippen LogP contribution in [0, 0.1) is 5.82 Å². The summed E-state index contributed by atoms with van der Waals surface area (Å²) in [5, 5.41) is 7.15. The average Bonchev–Trinajstić information content (AvgIpc) is 3.45. The molecular weight excluding hydrogens is 399 g/mol. The van der Waals surface area contributed by atoms with Gasteiger partial charge in [0.1, 0.15) is 11.9 Å². The molecule has 2 heterocycles. The molecule has 1 aliphatic rings. The molecule has 3 aromatic rings. The second kappa shape index (κ2) is 9.09. The van der Waals surface area contributed by atoms with E-state index in [1.165, 1.54) is 13.2 Å². The van der Waals surface area contributed by atoms with E-state index in [9.17, 15) is 14.0 Å². The van der Waals surface area contributed by atoms with Crippen LogP contribution in [-0.2, 0) is 16.1 Å². The molecule has 0 unspecified atom stereocenters. The van der Waals surface area contributed by atoms with E-state index < -0.39 is 12.0 Å². The molecule has 0 bridgehead atoms. The van der Waals surface area contributed by atoms with Gasteiger partial charge in [0.05, 0.1) is 12.8 Å². The third-order valence-electron chi connectivity index (χ3n) is 5.44. The Labute approximate surface area is 179 Å². The molecule has 0 spiro atoms. The summed E-state index contributed by atoms with van der Waals surface area (Å²) in [7, 11) is 1.33. The van der Waals surface area contributed by atoms with Gasteiger partial charge in [-0.1, -0.05) is 18.2 Å². The van der Waals surface area contributed by atoms with Crippen molar-refractivity contribution in [2.24, 2.45) is 0 Å². The van der Waals surface area contributed by atoms with Gasteiger partial charge < -0.3 is 10.1 Å². The Bertz CT molecular complexity index is 1050. The molecule has 2 aromatic carbocycles. The molecule has 8 heteroatoms. The minimum Gasteiger partial charge on any atom is -0.468 e. The zero-order valence-electron chi connectivity index (χ0n) is 17.1. The van der Waals surface area contributed by atoms with Gasteiger partial charge in [-0.25, -0.2) is 9.07 Å². The first kappa shape index (κ1) is 20.7. The molecular formula is C23H23FN4O3. The molecule has 0 aliphatic carbocycles. The van der Waals surface area contributed by atoms with Gasteiger partial charge in [-0.3, -0.25) is 14.5 Å². The van der Waals surface area contributed by atoms with Crippen LogP contribution in [0.5, 0.6) is 0 Å². The number of esters is 1. The van der Waals surface area contributed by atoms with Gasteiger partial charge >= 0.3 is 5.97 Å². The predicted molar refractivity (Wildman–Crippen MR) is 112 cm³/mol. The van der Waals surface area contributed by atoms with E-state index in [0.29, 0.717) is 24.1 Å². The van der Waals surface area contributed by atoms with Gasteiger partial charge in [-0.2, -0.15) is 5.10 Å². The highest BCUT2D eigenvalue weighted by molar-refractivity contribution is 5.94. The quantitative estimate of drug-likeness (QED) is 0.618. The number of rotatable bonds is 6. The smallest absolute Gasteiger partial charge is 0.323 e. The lowest BCUT2D eigenvalue weighted by Gasteiger charge is -2.22. The topological polar surface area (TPSA) is 76.5 Å². The zero-order valence-corrected chi connectivity index (χ0v) is 17.1. The number of nitrogens with one attached hydrogen (secondary N) is 1. The van der Waals surface area contributed by atoms with Crippen LogP contribution >= 0.6 is 0 Å². The predicted octanol–water partition coefficient (Wildman–Crippen LogP) is 2.56. The normalized spacial score (nSPS) is 18.6.